The number of carboxylic acids is 1. The van der Waals surface area contributed by atoms with Crippen molar-refractivity contribution in [2.75, 3.05) is 7.11 Å². The van der Waals surface area contributed by atoms with Gasteiger partial charge in [0.25, 0.3) is 5.78 Å². The monoisotopic (exact) mass is 226 g/mol. The molecule has 0 aliphatic rings. The number of aliphatic carboxylic acids is 1. The van der Waals surface area contributed by atoms with Crippen LogP contribution in [-0.2, 0) is 11.2 Å². The summed E-state index contributed by atoms with van der Waals surface area (Å²) in [6.07, 6.45) is 0.445. The van der Waals surface area contributed by atoms with Crippen LogP contribution in [-0.4, -0.2) is 24.0 Å². The van der Waals surface area contributed by atoms with Crippen molar-refractivity contribution >= 4 is 11.8 Å². The van der Waals surface area contributed by atoms with E-state index in [1.165, 1.54) is 13.2 Å². The molecule has 0 aromatic heterocycles. The van der Waals surface area contributed by atoms with E-state index in [0.29, 0.717) is 12.0 Å². The van der Waals surface area contributed by atoms with Crippen molar-refractivity contribution in [2.45, 2.75) is 13.3 Å². The molecule has 0 radical (unpaired) electrons. The van der Waals surface area contributed by atoms with Crippen LogP contribution < -0.4 is 4.74 Å². The Morgan fingerprint density at radius 2 is 2.06 bits per heavy atom. The molecule has 0 spiro atoms. The van der Waals surface area contributed by atoms with E-state index < -0.39 is 17.6 Å². The number of hydrogen-bond donors (Lipinski definition) is 1. The molecular weight excluding hydrogens is 215 g/mol. The minimum absolute atomic E-state index is 0.122. The van der Waals surface area contributed by atoms with Crippen molar-refractivity contribution in [1.29, 1.82) is 0 Å². The lowest BCUT2D eigenvalue weighted by Crippen LogP contribution is -2.15. The topological polar surface area (TPSA) is 63.6 Å². The van der Waals surface area contributed by atoms with Gasteiger partial charge < -0.3 is 9.84 Å². The van der Waals surface area contributed by atoms with Gasteiger partial charge in [-0.25, -0.2) is 9.18 Å². The Labute approximate surface area is 91.7 Å². The number of methoxy groups -OCH3 is 1. The molecule has 0 bridgehead atoms. The first-order valence-corrected chi connectivity index (χ1v) is 4.65. The maximum absolute atomic E-state index is 13.2. The molecule has 4 nitrogen and oxygen atoms in total. The van der Waals surface area contributed by atoms with Crippen molar-refractivity contribution < 1.29 is 23.8 Å². The number of rotatable bonds is 4. The molecule has 86 valence electrons. The number of carbonyl (C=O) groups excluding carboxylic acids is 1. The van der Waals surface area contributed by atoms with Crippen LogP contribution in [0.4, 0.5) is 4.39 Å². The fraction of sp³-hybridized carbons (Fsp3) is 0.273. The lowest BCUT2D eigenvalue weighted by Gasteiger charge is -2.10. The lowest BCUT2D eigenvalue weighted by molar-refractivity contribution is -0.131. The second-order valence-electron chi connectivity index (χ2n) is 3.13. The Morgan fingerprint density at radius 1 is 1.44 bits per heavy atom. The molecule has 0 atom stereocenters. The summed E-state index contributed by atoms with van der Waals surface area (Å²) >= 11 is 0. The Hall–Kier alpha value is -1.91. The fourth-order valence-corrected chi connectivity index (χ4v) is 1.44. The van der Waals surface area contributed by atoms with Crippen LogP contribution in [0.3, 0.4) is 0 Å². The van der Waals surface area contributed by atoms with Crippen molar-refractivity contribution in [2.24, 2.45) is 0 Å². The number of ether oxygens (including phenoxy) is 1. The number of hydrogen-bond acceptors (Lipinski definition) is 3. The van der Waals surface area contributed by atoms with Gasteiger partial charge in [-0.15, -0.1) is 0 Å². The SMILES string of the molecule is CCc1cc(F)cc(C(=O)C(=O)O)c1OC. The molecule has 0 heterocycles. The Bertz CT molecular complexity index is 440. The molecule has 1 N–H and O–H groups in total. The van der Waals surface area contributed by atoms with Crippen molar-refractivity contribution in [3.8, 4) is 5.75 Å². The summed E-state index contributed by atoms with van der Waals surface area (Å²) in [6, 6.07) is 2.09. The first kappa shape index (κ1) is 12.2. The second kappa shape index (κ2) is 4.74. The fourth-order valence-electron chi connectivity index (χ4n) is 1.44. The molecular formula is C11H11FO4. The Balaban J connectivity index is 3.42. The molecule has 1 aromatic rings. The third-order valence-electron chi connectivity index (χ3n) is 2.15. The molecule has 16 heavy (non-hydrogen) atoms. The highest BCUT2D eigenvalue weighted by atomic mass is 19.1. The quantitative estimate of drug-likeness (QED) is 0.626. The maximum atomic E-state index is 13.2. The van der Waals surface area contributed by atoms with Gasteiger partial charge in [-0.2, -0.15) is 0 Å². The van der Waals surface area contributed by atoms with E-state index in [1.807, 2.05) is 0 Å². The van der Waals surface area contributed by atoms with Crippen molar-refractivity contribution in [3.63, 3.8) is 0 Å². The number of carboxylic acid groups (broad SMARTS) is 1. The van der Waals surface area contributed by atoms with Gasteiger partial charge >= 0.3 is 5.97 Å². The van der Waals surface area contributed by atoms with Gasteiger partial charge in [0, 0.05) is 0 Å². The maximum Gasteiger partial charge on any atom is 0.377 e. The number of Topliss-reactive ketones (excluding diaryl/α,β-unsaturated/α-hetero) is 1. The van der Waals surface area contributed by atoms with Gasteiger partial charge in [-0.05, 0) is 24.1 Å². The molecule has 1 rings (SSSR count). The van der Waals surface area contributed by atoms with Crippen LogP contribution in [0.25, 0.3) is 0 Å². The molecule has 1 aromatic carbocycles. The van der Waals surface area contributed by atoms with E-state index in [2.05, 4.69) is 0 Å². The third-order valence-corrected chi connectivity index (χ3v) is 2.15. The second-order valence-corrected chi connectivity index (χ2v) is 3.13. The van der Waals surface area contributed by atoms with E-state index in [-0.39, 0.29) is 11.3 Å². The zero-order chi connectivity index (χ0) is 12.3. The van der Waals surface area contributed by atoms with Crippen LogP contribution >= 0.6 is 0 Å². The highest BCUT2D eigenvalue weighted by molar-refractivity contribution is 6.40. The third kappa shape index (κ3) is 2.18. The smallest absolute Gasteiger partial charge is 0.377 e. The van der Waals surface area contributed by atoms with Gasteiger partial charge in [0.05, 0.1) is 12.7 Å². The Morgan fingerprint density at radius 3 is 2.50 bits per heavy atom. The average Bonchev–Trinajstić information content (AvgIpc) is 2.26. The average molecular weight is 226 g/mol. The number of benzene rings is 1. The summed E-state index contributed by atoms with van der Waals surface area (Å²) in [5, 5.41) is 8.58. The van der Waals surface area contributed by atoms with Gasteiger partial charge in [-0.1, -0.05) is 6.92 Å². The molecule has 0 saturated carbocycles. The summed E-state index contributed by atoms with van der Waals surface area (Å²) < 4.78 is 18.1. The lowest BCUT2D eigenvalue weighted by atomic mass is 10.0. The van der Waals surface area contributed by atoms with Crippen LogP contribution in [0.2, 0.25) is 0 Å². The normalized spacial score (nSPS) is 9.94. The summed E-state index contributed by atoms with van der Waals surface area (Å²) in [5.41, 5.74) is 0.207. The van der Waals surface area contributed by atoms with E-state index in [4.69, 9.17) is 9.84 Å². The number of aryl methyl sites for hydroxylation is 1. The molecule has 0 unspecified atom stereocenters. The zero-order valence-electron chi connectivity index (χ0n) is 8.91. The molecule has 5 heteroatoms. The minimum Gasteiger partial charge on any atom is -0.496 e. The van der Waals surface area contributed by atoms with Crippen LogP contribution in [0, 0.1) is 5.82 Å². The number of ketones is 1. The molecule has 0 aliphatic heterocycles. The number of halogens is 1. The zero-order valence-corrected chi connectivity index (χ0v) is 8.91. The molecule has 0 amide bonds. The van der Waals surface area contributed by atoms with Crippen molar-refractivity contribution in [1.82, 2.24) is 0 Å². The highest BCUT2D eigenvalue weighted by Gasteiger charge is 2.22. The number of carbonyl (C=O) groups is 2. The largest absolute Gasteiger partial charge is 0.496 e. The first-order chi connectivity index (χ1) is 7.51. The van der Waals surface area contributed by atoms with Crippen LogP contribution in [0.15, 0.2) is 12.1 Å². The van der Waals surface area contributed by atoms with E-state index in [1.54, 1.807) is 6.92 Å². The summed E-state index contributed by atoms with van der Waals surface area (Å²) in [5.74, 6) is -3.34. The summed E-state index contributed by atoms with van der Waals surface area (Å²) in [4.78, 5) is 21.8. The van der Waals surface area contributed by atoms with E-state index in [0.717, 1.165) is 6.07 Å². The van der Waals surface area contributed by atoms with E-state index >= 15 is 0 Å². The van der Waals surface area contributed by atoms with E-state index in [9.17, 15) is 14.0 Å². The first-order valence-electron chi connectivity index (χ1n) is 4.65. The molecule has 0 fully saturated rings. The Kier molecular flexibility index (Phi) is 3.60. The summed E-state index contributed by atoms with van der Waals surface area (Å²) in [7, 11) is 1.31. The van der Waals surface area contributed by atoms with Gasteiger partial charge in [0.1, 0.15) is 11.6 Å². The molecule has 0 aliphatic carbocycles. The highest BCUT2D eigenvalue weighted by Crippen LogP contribution is 2.26. The molecule has 0 saturated heterocycles. The van der Waals surface area contributed by atoms with Crippen LogP contribution in [0.5, 0.6) is 5.75 Å². The van der Waals surface area contributed by atoms with Gasteiger partial charge in [0.2, 0.25) is 0 Å². The summed E-state index contributed by atoms with van der Waals surface area (Å²) in [6.45, 7) is 1.76. The van der Waals surface area contributed by atoms with Gasteiger partial charge in [-0.3, -0.25) is 4.79 Å². The predicted molar refractivity (Wildman–Crippen MR) is 54.3 cm³/mol. The standard InChI is InChI=1S/C11H11FO4/c1-3-6-4-7(12)5-8(10(6)16-2)9(13)11(14)15/h4-5H,3H2,1-2H3,(H,14,15). The van der Waals surface area contributed by atoms with Crippen LogP contribution in [0.1, 0.15) is 22.8 Å². The predicted octanol–water partition coefficient (Wildman–Crippen LogP) is 1.66. The van der Waals surface area contributed by atoms with Crippen molar-refractivity contribution in [3.05, 3.63) is 29.1 Å². The minimum atomic E-state index is -1.63. The van der Waals surface area contributed by atoms with Gasteiger partial charge in [0.15, 0.2) is 0 Å².